The van der Waals surface area contributed by atoms with Crippen molar-refractivity contribution in [1.82, 2.24) is 9.47 Å². The highest BCUT2D eigenvalue weighted by Crippen LogP contribution is 2.21. The van der Waals surface area contributed by atoms with E-state index in [0.29, 0.717) is 19.7 Å². The van der Waals surface area contributed by atoms with E-state index in [9.17, 15) is 4.79 Å². The summed E-state index contributed by atoms with van der Waals surface area (Å²) in [6.45, 7) is 8.94. The number of carbonyl (C=O) groups excluding carboxylic acids is 1. The first-order valence-electron chi connectivity index (χ1n) is 7.66. The molecule has 1 fully saturated rings. The van der Waals surface area contributed by atoms with Crippen LogP contribution in [0, 0.1) is 13.8 Å². The second-order valence-corrected chi connectivity index (χ2v) is 6.92. The minimum Gasteiger partial charge on any atom is -0.375 e. The van der Waals surface area contributed by atoms with E-state index in [0.717, 1.165) is 23.5 Å². The van der Waals surface area contributed by atoms with E-state index < -0.39 is 0 Å². The predicted octanol–water partition coefficient (Wildman–Crippen LogP) is 3.08. The summed E-state index contributed by atoms with van der Waals surface area (Å²) in [4.78, 5) is 16.0. The molecule has 0 saturated carbocycles. The van der Waals surface area contributed by atoms with Crippen LogP contribution >= 0.6 is 11.3 Å². The average Bonchev–Trinajstić information content (AvgIpc) is 3.10. The Balaban J connectivity index is 1.83. The maximum atomic E-state index is 12.8. The highest BCUT2D eigenvalue weighted by atomic mass is 32.1. The molecule has 3 rings (SSSR count). The monoisotopic (exact) mass is 318 g/mol. The van der Waals surface area contributed by atoms with Crippen molar-refractivity contribution in [3.8, 4) is 0 Å². The summed E-state index contributed by atoms with van der Waals surface area (Å²) in [6.07, 6.45) is 0.118. The zero-order valence-electron chi connectivity index (χ0n) is 13.3. The van der Waals surface area contributed by atoms with Gasteiger partial charge in [0.05, 0.1) is 24.8 Å². The van der Waals surface area contributed by atoms with Gasteiger partial charge in [-0.15, -0.1) is 11.3 Å². The number of hydrogen-bond acceptors (Lipinski definition) is 3. The standard InChI is InChI=1S/C17H22N2O2S/c1-12-9-16(17(20)18-6-7-21-13(2)10-18)14(3)19(12)11-15-5-4-8-22-15/h4-5,8-9,13H,6-7,10-11H2,1-3H3/t13-/m0/s1. The summed E-state index contributed by atoms with van der Waals surface area (Å²) >= 11 is 1.75. The molecule has 0 radical (unpaired) electrons. The van der Waals surface area contributed by atoms with Crippen molar-refractivity contribution in [3.63, 3.8) is 0 Å². The second kappa shape index (κ2) is 6.26. The number of carbonyl (C=O) groups is 1. The highest BCUT2D eigenvalue weighted by molar-refractivity contribution is 7.09. The van der Waals surface area contributed by atoms with E-state index in [1.807, 2.05) is 24.8 Å². The zero-order chi connectivity index (χ0) is 15.7. The largest absolute Gasteiger partial charge is 0.375 e. The van der Waals surface area contributed by atoms with Crippen molar-refractivity contribution >= 4 is 17.2 Å². The molecular weight excluding hydrogens is 296 g/mol. The highest BCUT2D eigenvalue weighted by Gasteiger charge is 2.25. The van der Waals surface area contributed by atoms with Gasteiger partial charge in [-0.25, -0.2) is 0 Å². The van der Waals surface area contributed by atoms with Gasteiger partial charge in [0, 0.05) is 29.4 Å². The summed E-state index contributed by atoms with van der Waals surface area (Å²) in [5, 5.41) is 2.09. The van der Waals surface area contributed by atoms with Crippen LogP contribution < -0.4 is 0 Å². The number of morpholine rings is 1. The Labute approximate surface area is 135 Å². The van der Waals surface area contributed by atoms with E-state index in [4.69, 9.17) is 4.74 Å². The van der Waals surface area contributed by atoms with Crippen molar-refractivity contribution in [1.29, 1.82) is 0 Å². The Bertz CT molecular complexity index is 661. The van der Waals surface area contributed by atoms with Crippen LogP contribution in [0.2, 0.25) is 0 Å². The second-order valence-electron chi connectivity index (χ2n) is 5.88. The molecule has 1 atom stereocenters. The smallest absolute Gasteiger partial charge is 0.255 e. The van der Waals surface area contributed by atoms with Crippen LogP contribution in [0.5, 0.6) is 0 Å². The van der Waals surface area contributed by atoms with Crippen LogP contribution in [0.1, 0.15) is 33.5 Å². The van der Waals surface area contributed by atoms with Gasteiger partial charge in [-0.2, -0.15) is 0 Å². The minimum absolute atomic E-state index is 0.118. The Kier molecular flexibility index (Phi) is 4.36. The third-order valence-corrected chi connectivity index (χ3v) is 5.09. The lowest BCUT2D eigenvalue weighted by Gasteiger charge is -2.31. The number of rotatable bonds is 3. The quantitative estimate of drug-likeness (QED) is 0.871. The topological polar surface area (TPSA) is 34.5 Å². The third-order valence-electron chi connectivity index (χ3n) is 4.23. The molecule has 22 heavy (non-hydrogen) atoms. The molecule has 0 aromatic carbocycles. The summed E-state index contributed by atoms with van der Waals surface area (Å²) < 4.78 is 7.75. The summed E-state index contributed by atoms with van der Waals surface area (Å²) in [5.74, 6) is 0.126. The molecular formula is C17H22N2O2S. The molecule has 1 amide bonds. The van der Waals surface area contributed by atoms with Crippen LogP contribution in [0.25, 0.3) is 0 Å². The van der Waals surface area contributed by atoms with Gasteiger partial charge in [0.25, 0.3) is 5.91 Å². The molecule has 5 heteroatoms. The van der Waals surface area contributed by atoms with E-state index in [1.54, 1.807) is 11.3 Å². The van der Waals surface area contributed by atoms with Gasteiger partial charge in [-0.3, -0.25) is 4.79 Å². The molecule has 4 nitrogen and oxygen atoms in total. The van der Waals surface area contributed by atoms with Crippen LogP contribution in [-0.4, -0.2) is 41.2 Å². The summed E-state index contributed by atoms with van der Waals surface area (Å²) in [7, 11) is 0. The molecule has 0 N–H and O–H groups in total. The van der Waals surface area contributed by atoms with Crippen molar-refractivity contribution in [2.45, 2.75) is 33.4 Å². The lowest BCUT2D eigenvalue weighted by atomic mass is 10.2. The molecule has 0 spiro atoms. The van der Waals surface area contributed by atoms with Crippen LogP contribution in [0.15, 0.2) is 23.6 Å². The van der Waals surface area contributed by atoms with Gasteiger partial charge in [-0.1, -0.05) is 6.07 Å². The Morgan fingerprint density at radius 2 is 2.27 bits per heavy atom. The third kappa shape index (κ3) is 2.96. The van der Waals surface area contributed by atoms with Crippen LogP contribution in [-0.2, 0) is 11.3 Å². The van der Waals surface area contributed by atoms with Gasteiger partial charge in [0.1, 0.15) is 0 Å². The van der Waals surface area contributed by atoms with Crippen molar-refractivity contribution in [3.05, 3.63) is 45.4 Å². The Morgan fingerprint density at radius 1 is 1.45 bits per heavy atom. The predicted molar refractivity (Wildman–Crippen MR) is 88.6 cm³/mol. The van der Waals surface area contributed by atoms with Crippen molar-refractivity contribution in [2.75, 3.05) is 19.7 Å². The first-order valence-corrected chi connectivity index (χ1v) is 8.54. The molecule has 0 aliphatic carbocycles. The number of ether oxygens (including phenoxy) is 1. The van der Waals surface area contributed by atoms with Gasteiger partial charge in [-0.05, 0) is 38.3 Å². The fourth-order valence-corrected chi connectivity index (χ4v) is 3.69. The Hall–Kier alpha value is -1.59. The van der Waals surface area contributed by atoms with E-state index >= 15 is 0 Å². The maximum Gasteiger partial charge on any atom is 0.255 e. The van der Waals surface area contributed by atoms with Crippen molar-refractivity contribution < 1.29 is 9.53 Å². The molecule has 118 valence electrons. The molecule has 2 aromatic rings. The summed E-state index contributed by atoms with van der Waals surface area (Å²) in [5.41, 5.74) is 3.01. The van der Waals surface area contributed by atoms with Crippen LogP contribution in [0.4, 0.5) is 0 Å². The summed E-state index contributed by atoms with van der Waals surface area (Å²) in [6, 6.07) is 6.22. The normalized spacial score (nSPS) is 18.7. The Morgan fingerprint density at radius 3 is 2.95 bits per heavy atom. The van der Waals surface area contributed by atoms with Gasteiger partial charge in [0.2, 0.25) is 0 Å². The lowest BCUT2D eigenvalue weighted by molar-refractivity contribution is -0.0124. The number of thiophene rings is 1. The first-order chi connectivity index (χ1) is 10.6. The number of aromatic nitrogens is 1. The fourth-order valence-electron chi connectivity index (χ4n) is 2.99. The van der Waals surface area contributed by atoms with Crippen molar-refractivity contribution in [2.24, 2.45) is 0 Å². The van der Waals surface area contributed by atoms with Gasteiger partial charge in [0.15, 0.2) is 0 Å². The molecule has 3 heterocycles. The average molecular weight is 318 g/mol. The SMILES string of the molecule is Cc1cc(C(=O)N2CCO[C@@H](C)C2)c(C)n1Cc1cccs1. The number of amides is 1. The molecule has 0 unspecified atom stereocenters. The first kappa shape index (κ1) is 15.3. The number of hydrogen-bond donors (Lipinski definition) is 0. The maximum absolute atomic E-state index is 12.8. The van der Waals surface area contributed by atoms with E-state index in [1.165, 1.54) is 4.88 Å². The molecule has 0 bridgehead atoms. The number of nitrogens with zero attached hydrogens (tertiary/aromatic N) is 2. The minimum atomic E-state index is 0.118. The fraction of sp³-hybridized carbons (Fsp3) is 0.471. The molecule has 2 aromatic heterocycles. The van der Waals surface area contributed by atoms with Gasteiger partial charge >= 0.3 is 0 Å². The molecule has 1 aliphatic rings. The number of aryl methyl sites for hydroxylation is 1. The lowest BCUT2D eigenvalue weighted by Crippen LogP contribution is -2.44. The molecule has 1 aliphatic heterocycles. The van der Waals surface area contributed by atoms with E-state index in [2.05, 4.69) is 29.0 Å². The zero-order valence-corrected chi connectivity index (χ0v) is 14.2. The van der Waals surface area contributed by atoms with Crippen LogP contribution in [0.3, 0.4) is 0 Å². The van der Waals surface area contributed by atoms with Gasteiger partial charge < -0.3 is 14.2 Å². The van der Waals surface area contributed by atoms with E-state index in [-0.39, 0.29) is 12.0 Å². The molecule has 1 saturated heterocycles.